The molecule has 2 aliphatic heterocycles. The van der Waals surface area contributed by atoms with E-state index in [4.69, 9.17) is 28.8 Å². The van der Waals surface area contributed by atoms with Crippen LogP contribution in [0.1, 0.15) is 5.56 Å². The van der Waals surface area contributed by atoms with Crippen molar-refractivity contribution in [2.45, 2.75) is 61.7 Å². The van der Waals surface area contributed by atoms with Gasteiger partial charge in [0.1, 0.15) is 42.7 Å². The van der Waals surface area contributed by atoms with Crippen molar-refractivity contribution in [3.05, 3.63) is 36.4 Å². The molecule has 11 heteroatoms. The van der Waals surface area contributed by atoms with E-state index < -0.39 is 61.9 Å². The summed E-state index contributed by atoms with van der Waals surface area (Å²) in [5.41, 5.74) is 0.925. The zero-order valence-electron chi connectivity index (χ0n) is 17.6. The van der Waals surface area contributed by atoms with Crippen LogP contribution in [0.15, 0.2) is 30.9 Å². The van der Waals surface area contributed by atoms with Gasteiger partial charge in [-0.25, -0.2) is 0 Å². The molecule has 11 nitrogen and oxygen atoms in total. The Morgan fingerprint density at radius 2 is 1.56 bits per heavy atom. The first kappa shape index (κ1) is 24.8. The van der Waals surface area contributed by atoms with Gasteiger partial charge in [-0.05, 0) is 24.1 Å². The molecule has 0 aromatic heterocycles. The molecule has 180 valence electrons. The van der Waals surface area contributed by atoms with E-state index in [1.54, 1.807) is 24.3 Å². The SMILES string of the molecule is C=CCc1ccc(OC2OC(COC3OC(CO)C(O)C3O)C(O)C(O)C2O)c(OC)c1. The minimum absolute atomic E-state index is 0.246. The van der Waals surface area contributed by atoms with Gasteiger partial charge in [0.05, 0.1) is 20.3 Å². The number of ether oxygens (including phenoxy) is 5. The molecule has 1 aromatic carbocycles. The van der Waals surface area contributed by atoms with Crippen LogP contribution in [0.25, 0.3) is 0 Å². The summed E-state index contributed by atoms with van der Waals surface area (Å²) >= 11 is 0. The van der Waals surface area contributed by atoms with E-state index in [2.05, 4.69) is 6.58 Å². The summed E-state index contributed by atoms with van der Waals surface area (Å²) in [5, 5.41) is 59.8. The molecule has 2 fully saturated rings. The zero-order valence-corrected chi connectivity index (χ0v) is 17.6. The smallest absolute Gasteiger partial charge is 0.229 e. The molecule has 0 bridgehead atoms. The predicted molar refractivity (Wildman–Crippen MR) is 108 cm³/mol. The Labute approximate surface area is 185 Å². The van der Waals surface area contributed by atoms with Gasteiger partial charge in [0.15, 0.2) is 17.8 Å². The van der Waals surface area contributed by atoms with Gasteiger partial charge in [0.25, 0.3) is 0 Å². The fourth-order valence-electron chi connectivity index (χ4n) is 3.57. The molecule has 0 radical (unpaired) electrons. The molecule has 32 heavy (non-hydrogen) atoms. The molecular weight excluding hydrogens is 428 g/mol. The van der Waals surface area contributed by atoms with E-state index in [0.717, 1.165) is 5.56 Å². The van der Waals surface area contributed by atoms with E-state index in [0.29, 0.717) is 12.2 Å². The number of methoxy groups -OCH3 is 1. The van der Waals surface area contributed by atoms with E-state index in [9.17, 15) is 25.5 Å². The number of aliphatic hydroxyl groups excluding tert-OH is 6. The Hall–Kier alpha value is -1.80. The predicted octanol–water partition coefficient (Wildman–Crippen LogP) is -1.93. The van der Waals surface area contributed by atoms with Gasteiger partial charge in [0, 0.05) is 0 Å². The molecule has 2 saturated heterocycles. The highest BCUT2D eigenvalue weighted by molar-refractivity contribution is 5.43. The Morgan fingerprint density at radius 3 is 2.19 bits per heavy atom. The van der Waals surface area contributed by atoms with Gasteiger partial charge in [0.2, 0.25) is 6.29 Å². The molecule has 2 heterocycles. The number of benzene rings is 1. The van der Waals surface area contributed by atoms with Crippen LogP contribution in [0.5, 0.6) is 11.5 Å². The average Bonchev–Trinajstić information content (AvgIpc) is 3.07. The van der Waals surface area contributed by atoms with E-state index in [1.165, 1.54) is 7.11 Å². The molecule has 2 aliphatic rings. The summed E-state index contributed by atoms with van der Waals surface area (Å²) in [6.45, 7) is 2.80. The van der Waals surface area contributed by atoms with Crippen LogP contribution < -0.4 is 9.47 Å². The Bertz CT molecular complexity index is 759. The second kappa shape index (κ2) is 10.9. The van der Waals surface area contributed by atoms with Crippen molar-refractivity contribution in [3.8, 4) is 11.5 Å². The summed E-state index contributed by atoms with van der Waals surface area (Å²) in [5.74, 6) is 0.621. The lowest BCUT2D eigenvalue weighted by Gasteiger charge is -2.40. The van der Waals surface area contributed by atoms with Crippen molar-refractivity contribution in [1.29, 1.82) is 0 Å². The summed E-state index contributed by atoms with van der Waals surface area (Å²) in [6, 6.07) is 5.14. The van der Waals surface area contributed by atoms with Gasteiger partial charge >= 0.3 is 0 Å². The minimum Gasteiger partial charge on any atom is -0.493 e. The number of hydrogen-bond acceptors (Lipinski definition) is 11. The van der Waals surface area contributed by atoms with Gasteiger partial charge in [-0.2, -0.15) is 0 Å². The molecule has 9 unspecified atom stereocenters. The van der Waals surface area contributed by atoms with E-state index in [1.807, 2.05) is 0 Å². The monoisotopic (exact) mass is 458 g/mol. The molecule has 0 amide bonds. The standard InChI is InChI=1S/C21H30O11/c1-3-4-10-5-6-11(12(7-10)28-2)30-21-19(27)17(25)16(24)14(32-21)9-29-20-18(26)15(23)13(8-22)31-20/h3,5-7,13-27H,1,4,8-9H2,2H3. The van der Waals surface area contributed by atoms with Crippen LogP contribution in [-0.4, -0.2) is 106 Å². The van der Waals surface area contributed by atoms with E-state index >= 15 is 0 Å². The van der Waals surface area contributed by atoms with Crippen LogP contribution >= 0.6 is 0 Å². The quantitative estimate of drug-likeness (QED) is 0.228. The van der Waals surface area contributed by atoms with Gasteiger partial charge < -0.3 is 54.3 Å². The topological polar surface area (TPSA) is 168 Å². The molecule has 0 aliphatic carbocycles. The molecule has 0 spiro atoms. The normalized spacial score (nSPS) is 37.3. The molecule has 9 atom stereocenters. The fraction of sp³-hybridized carbons (Fsp3) is 0.619. The lowest BCUT2D eigenvalue weighted by Crippen LogP contribution is -2.60. The third kappa shape index (κ3) is 5.22. The summed E-state index contributed by atoms with van der Waals surface area (Å²) in [7, 11) is 1.45. The van der Waals surface area contributed by atoms with Gasteiger partial charge in [-0.15, -0.1) is 6.58 Å². The second-order valence-corrected chi connectivity index (χ2v) is 7.65. The number of rotatable bonds is 9. The summed E-state index contributed by atoms with van der Waals surface area (Å²) in [4.78, 5) is 0. The van der Waals surface area contributed by atoms with Crippen molar-refractivity contribution in [3.63, 3.8) is 0 Å². The highest BCUT2D eigenvalue weighted by Gasteiger charge is 2.47. The average molecular weight is 458 g/mol. The van der Waals surface area contributed by atoms with Crippen molar-refractivity contribution in [1.82, 2.24) is 0 Å². The van der Waals surface area contributed by atoms with Crippen molar-refractivity contribution in [2.75, 3.05) is 20.3 Å². The van der Waals surface area contributed by atoms with Crippen molar-refractivity contribution < 1.29 is 54.3 Å². The van der Waals surface area contributed by atoms with E-state index in [-0.39, 0.29) is 12.4 Å². The molecular formula is C21H30O11. The first-order chi connectivity index (χ1) is 15.3. The van der Waals surface area contributed by atoms with Crippen LogP contribution in [-0.2, 0) is 20.6 Å². The Morgan fingerprint density at radius 1 is 0.906 bits per heavy atom. The Kier molecular flexibility index (Phi) is 8.44. The van der Waals surface area contributed by atoms with Crippen molar-refractivity contribution in [2.24, 2.45) is 0 Å². The fourth-order valence-corrected chi connectivity index (χ4v) is 3.57. The zero-order chi connectivity index (χ0) is 23.4. The lowest BCUT2D eigenvalue weighted by molar-refractivity contribution is -0.290. The number of hydrogen-bond donors (Lipinski definition) is 6. The Balaban J connectivity index is 1.67. The first-order valence-electron chi connectivity index (χ1n) is 10.2. The third-order valence-corrected chi connectivity index (χ3v) is 5.44. The highest BCUT2D eigenvalue weighted by Crippen LogP contribution is 2.32. The van der Waals surface area contributed by atoms with Crippen molar-refractivity contribution >= 4 is 0 Å². The highest BCUT2D eigenvalue weighted by atomic mass is 16.7. The maximum absolute atomic E-state index is 10.3. The van der Waals surface area contributed by atoms with Gasteiger partial charge in [-0.1, -0.05) is 12.1 Å². The molecule has 6 N–H and O–H groups in total. The van der Waals surface area contributed by atoms with Crippen LogP contribution in [0.4, 0.5) is 0 Å². The summed E-state index contributed by atoms with van der Waals surface area (Å²) < 4.78 is 27.2. The van der Waals surface area contributed by atoms with Crippen LogP contribution in [0.3, 0.4) is 0 Å². The number of aliphatic hydroxyl groups is 6. The molecule has 1 aromatic rings. The van der Waals surface area contributed by atoms with Crippen LogP contribution in [0.2, 0.25) is 0 Å². The summed E-state index contributed by atoms with van der Waals surface area (Å²) in [6.07, 6.45) is -9.97. The van der Waals surface area contributed by atoms with Crippen LogP contribution in [0, 0.1) is 0 Å². The molecule has 0 saturated carbocycles. The maximum atomic E-state index is 10.3. The second-order valence-electron chi connectivity index (χ2n) is 7.65. The largest absolute Gasteiger partial charge is 0.493 e. The lowest BCUT2D eigenvalue weighted by atomic mass is 9.99. The first-order valence-corrected chi connectivity index (χ1v) is 10.2. The molecule has 3 rings (SSSR count). The number of allylic oxidation sites excluding steroid dienone is 1. The maximum Gasteiger partial charge on any atom is 0.229 e. The van der Waals surface area contributed by atoms with Gasteiger partial charge in [-0.3, -0.25) is 0 Å². The minimum atomic E-state index is -1.61. The third-order valence-electron chi connectivity index (χ3n) is 5.44.